The van der Waals surface area contributed by atoms with Crippen molar-refractivity contribution in [2.45, 2.75) is 40.5 Å². The number of benzene rings is 1. The Hall–Kier alpha value is -1.37. The Morgan fingerprint density at radius 3 is 2.41 bits per heavy atom. The van der Waals surface area contributed by atoms with Gasteiger partial charge in [0.25, 0.3) is 0 Å². The summed E-state index contributed by atoms with van der Waals surface area (Å²) in [5.74, 6) is 0.260. The second kappa shape index (κ2) is 4.14. The summed E-state index contributed by atoms with van der Waals surface area (Å²) in [5, 5.41) is 0. The van der Waals surface area contributed by atoms with E-state index < -0.39 is 0 Å². The van der Waals surface area contributed by atoms with Gasteiger partial charge in [-0.2, -0.15) is 0 Å². The van der Waals surface area contributed by atoms with Crippen LogP contribution in [0, 0.1) is 19.3 Å². The lowest BCUT2D eigenvalue weighted by Crippen LogP contribution is -2.21. The third-order valence-corrected chi connectivity index (χ3v) is 3.38. The molecule has 1 nitrogen and oxygen atoms in total. The Bertz CT molecular complexity index is 492. The van der Waals surface area contributed by atoms with E-state index in [0.29, 0.717) is 6.42 Å². The molecule has 0 unspecified atom stereocenters. The van der Waals surface area contributed by atoms with Crippen LogP contribution in [-0.2, 0) is 4.79 Å². The summed E-state index contributed by atoms with van der Waals surface area (Å²) in [6.07, 6.45) is 3.49. The van der Waals surface area contributed by atoms with Crippen molar-refractivity contribution in [2.75, 3.05) is 0 Å². The maximum Gasteiger partial charge on any atom is 0.156 e. The summed E-state index contributed by atoms with van der Waals surface area (Å²) in [6.45, 7) is 8.55. The molecule has 1 aliphatic carbocycles. The van der Waals surface area contributed by atoms with Crippen molar-refractivity contribution in [3.63, 3.8) is 0 Å². The van der Waals surface area contributed by atoms with Gasteiger partial charge in [-0.25, -0.2) is 0 Å². The molecule has 0 aliphatic heterocycles. The molecular weight excluding hydrogens is 208 g/mol. The van der Waals surface area contributed by atoms with Crippen molar-refractivity contribution in [1.82, 2.24) is 0 Å². The SMILES string of the molecule is Cc1ccc(C2=CC(=O)CC(C)(C)C2)c(C)c1. The van der Waals surface area contributed by atoms with Crippen molar-refractivity contribution in [2.24, 2.45) is 5.41 Å². The van der Waals surface area contributed by atoms with E-state index in [4.69, 9.17) is 0 Å². The molecule has 0 spiro atoms. The molecule has 1 aromatic rings. The van der Waals surface area contributed by atoms with Gasteiger partial charge in [0.15, 0.2) is 5.78 Å². The van der Waals surface area contributed by atoms with Crippen LogP contribution in [-0.4, -0.2) is 5.78 Å². The highest BCUT2D eigenvalue weighted by atomic mass is 16.1. The maximum absolute atomic E-state index is 11.8. The average Bonchev–Trinajstić information content (AvgIpc) is 2.13. The molecule has 17 heavy (non-hydrogen) atoms. The number of aryl methyl sites for hydroxylation is 2. The van der Waals surface area contributed by atoms with Gasteiger partial charge in [-0.05, 0) is 48.5 Å². The molecule has 0 radical (unpaired) electrons. The number of carbonyl (C=O) groups excluding carboxylic acids is 1. The summed E-state index contributed by atoms with van der Waals surface area (Å²) in [5.41, 5.74) is 5.06. The zero-order valence-corrected chi connectivity index (χ0v) is 11.1. The first-order valence-corrected chi connectivity index (χ1v) is 6.18. The monoisotopic (exact) mass is 228 g/mol. The number of carbonyl (C=O) groups is 1. The van der Waals surface area contributed by atoms with Crippen LogP contribution < -0.4 is 0 Å². The number of hydrogen-bond acceptors (Lipinski definition) is 1. The Morgan fingerprint density at radius 1 is 1.12 bits per heavy atom. The topological polar surface area (TPSA) is 17.1 Å². The number of hydrogen-bond donors (Lipinski definition) is 0. The Morgan fingerprint density at radius 2 is 1.82 bits per heavy atom. The van der Waals surface area contributed by atoms with Gasteiger partial charge in [-0.3, -0.25) is 4.79 Å². The lowest BCUT2D eigenvalue weighted by atomic mass is 9.74. The van der Waals surface area contributed by atoms with Crippen LogP contribution in [0.15, 0.2) is 24.3 Å². The highest BCUT2D eigenvalue weighted by Gasteiger charge is 2.28. The van der Waals surface area contributed by atoms with Crippen LogP contribution in [0.5, 0.6) is 0 Å². The van der Waals surface area contributed by atoms with Crippen LogP contribution in [0.25, 0.3) is 5.57 Å². The van der Waals surface area contributed by atoms with Gasteiger partial charge in [-0.15, -0.1) is 0 Å². The zero-order valence-electron chi connectivity index (χ0n) is 11.1. The van der Waals surface area contributed by atoms with E-state index in [9.17, 15) is 4.79 Å². The molecule has 0 fully saturated rings. The number of ketones is 1. The minimum absolute atomic E-state index is 0.0957. The fourth-order valence-electron chi connectivity index (χ4n) is 2.69. The van der Waals surface area contributed by atoms with E-state index in [1.807, 2.05) is 6.08 Å². The normalized spacial score (nSPS) is 19.1. The minimum atomic E-state index is 0.0957. The van der Waals surface area contributed by atoms with E-state index in [-0.39, 0.29) is 11.2 Å². The van der Waals surface area contributed by atoms with Gasteiger partial charge < -0.3 is 0 Å². The lowest BCUT2D eigenvalue weighted by Gasteiger charge is -2.29. The Balaban J connectivity index is 2.43. The molecule has 0 heterocycles. The van der Waals surface area contributed by atoms with E-state index in [1.165, 1.54) is 22.3 Å². The third-order valence-electron chi connectivity index (χ3n) is 3.38. The average molecular weight is 228 g/mol. The molecule has 0 amide bonds. The van der Waals surface area contributed by atoms with Gasteiger partial charge in [-0.1, -0.05) is 37.6 Å². The van der Waals surface area contributed by atoms with E-state index in [2.05, 4.69) is 45.9 Å². The predicted octanol–water partition coefficient (Wildman–Crippen LogP) is 4.08. The number of rotatable bonds is 1. The van der Waals surface area contributed by atoms with Crippen LogP contribution in [0.2, 0.25) is 0 Å². The first-order valence-electron chi connectivity index (χ1n) is 6.18. The van der Waals surface area contributed by atoms with Gasteiger partial charge in [0.2, 0.25) is 0 Å². The minimum Gasteiger partial charge on any atom is -0.295 e. The quantitative estimate of drug-likeness (QED) is 0.708. The van der Waals surface area contributed by atoms with Crippen LogP contribution in [0.3, 0.4) is 0 Å². The van der Waals surface area contributed by atoms with E-state index >= 15 is 0 Å². The summed E-state index contributed by atoms with van der Waals surface area (Å²) in [4.78, 5) is 11.8. The molecule has 1 heteroatoms. The fourth-order valence-corrected chi connectivity index (χ4v) is 2.69. The van der Waals surface area contributed by atoms with Gasteiger partial charge in [0, 0.05) is 6.42 Å². The molecule has 1 aromatic carbocycles. The van der Waals surface area contributed by atoms with Crippen LogP contribution >= 0.6 is 0 Å². The first-order chi connectivity index (χ1) is 7.87. The van der Waals surface area contributed by atoms with Crippen molar-refractivity contribution in [3.8, 4) is 0 Å². The van der Waals surface area contributed by atoms with Gasteiger partial charge in [0.05, 0.1) is 0 Å². The Labute approximate surface area is 104 Å². The van der Waals surface area contributed by atoms with Gasteiger partial charge in [0.1, 0.15) is 0 Å². The van der Waals surface area contributed by atoms with Crippen LogP contribution in [0.4, 0.5) is 0 Å². The number of allylic oxidation sites excluding steroid dienone is 2. The summed E-state index contributed by atoms with van der Waals surface area (Å²) in [6, 6.07) is 6.45. The summed E-state index contributed by atoms with van der Waals surface area (Å²) in [7, 11) is 0. The zero-order chi connectivity index (χ0) is 12.6. The highest BCUT2D eigenvalue weighted by molar-refractivity contribution is 5.99. The standard InChI is InChI=1S/C16H20O/c1-11-5-6-15(12(2)7-11)13-8-14(17)10-16(3,4)9-13/h5-8H,9-10H2,1-4H3. The van der Waals surface area contributed by atoms with Gasteiger partial charge >= 0.3 is 0 Å². The van der Waals surface area contributed by atoms with E-state index in [0.717, 1.165) is 6.42 Å². The predicted molar refractivity (Wildman–Crippen MR) is 71.9 cm³/mol. The molecule has 0 N–H and O–H groups in total. The van der Waals surface area contributed by atoms with Crippen molar-refractivity contribution in [1.29, 1.82) is 0 Å². The Kier molecular flexibility index (Phi) is 2.94. The lowest BCUT2D eigenvalue weighted by molar-refractivity contribution is -0.116. The first kappa shape index (κ1) is 12.1. The molecule has 0 aromatic heterocycles. The second-order valence-electron chi connectivity index (χ2n) is 5.97. The second-order valence-corrected chi connectivity index (χ2v) is 5.97. The maximum atomic E-state index is 11.8. The molecule has 0 saturated carbocycles. The van der Waals surface area contributed by atoms with Crippen molar-refractivity contribution in [3.05, 3.63) is 41.0 Å². The van der Waals surface area contributed by atoms with Crippen LogP contribution in [0.1, 0.15) is 43.4 Å². The highest BCUT2D eigenvalue weighted by Crippen LogP contribution is 2.38. The molecule has 0 saturated heterocycles. The fraction of sp³-hybridized carbons (Fsp3) is 0.438. The smallest absolute Gasteiger partial charge is 0.156 e. The molecule has 2 rings (SSSR count). The van der Waals surface area contributed by atoms with Crippen molar-refractivity contribution < 1.29 is 4.79 Å². The third kappa shape index (κ3) is 2.66. The van der Waals surface area contributed by atoms with E-state index in [1.54, 1.807) is 0 Å². The van der Waals surface area contributed by atoms with Crippen molar-refractivity contribution >= 4 is 11.4 Å². The largest absolute Gasteiger partial charge is 0.295 e. The molecule has 0 atom stereocenters. The molecular formula is C16H20O. The molecule has 0 bridgehead atoms. The molecule has 1 aliphatic rings. The summed E-state index contributed by atoms with van der Waals surface area (Å²) < 4.78 is 0. The molecule has 90 valence electrons. The summed E-state index contributed by atoms with van der Waals surface area (Å²) >= 11 is 0.